The SMILES string of the molecule is CCOc1ccc(OC(CNC(C)C)COC)cc1. The number of hydrogen-bond acceptors (Lipinski definition) is 4. The quantitative estimate of drug-likeness (QED) is 0.746. The zero-order chi connectivity index (χ0) is 14.1. The maximum atomic E-state index is 5.90. The average Bonchev–Trinajstić information content (AvgIpc) is 2.39. The molecule has 0 fully saturated rings. The first-order valence-electron chi connectivity index (χ1n) is 6.77. The molecule has 1 aromatic rings. The highest BCUT2D eigenvalue weighted by Gasteiger charge is 2.11. The molecule has 0 saturated heterocycles. The third-order valence-electron chi connectivity index (χ3n) is 2.54. The Balaban J connectivity index is 2.52. The van der Waals surface area contributed by atoms with E-state index in [2.05, 4.69) is 19.2 Å². The fourth-order valence-electron chi connectivity index (χ4n) is 1.66. The number of methoxy groups -OCH3 is 1. The van der Waals surface area contributed by atoms with Crippen LogP contribution in [0.25, 0.3) is 0 Å². The summed E-state index contributed by atoms with van der Waals surface area (Å²) >= 11 is 0. The van der Waals surface area contributed by atoms with Crippen molar-refractivity contribution in [3.63, 3.8) is 0 Å². The molecule has 0 bridgehead atoms. The first-order chi connectivity index (χ1) is 9.15. The lowest BCUT2D eigenvalue weighted by Crippen LogP contribution is -2.37. The monoisotopic (exact) mass is 267 g/mol. The second kappa shape index (κ2) is 8.77. The standard InChI is InChI=1S/C15H25NO3/c1-5-18-13-6-8-14(9-7-13)19-15(11-17-4)10-16-12(2)3/h6-9,12,15-16H,5,10-11H2,1-4H3. The molecule has 0 aromatic heterocycles. The van der Waals surface area contributed by atoms with Crippen LogP contribution in [0.2, 0.25) is 0 Å². The number of rotatable bonds is 9. The van der Waals surface area contributed by atoms with Gasteiger partial charge in [-0.15, -0.1) is 0 Å². The number of benzene rings is 1. The molecule has 0 spiro atoms. The van der Waals surface area contributed by atoms with E-state index in [9.17, 15) is 0 Å². The van der Waals surface area contributed by atoms with Crippen LogP contribution in [0.5, 0.6) is 11.5 Å². The van der Waals surface area contributed by atoms with Gasteiger partial charge in [0.25, 0.3) is 0 Å². The number of nitrogens with one attached hydrogen (secondary N) is 1. The van der Waals surface area contributed by atoms with Crippen molar-refractivity contribution >= 4 is 0 Å². The topological polar surface area (TPSA) is 39.7 Å². The first-order valence-corrected chi connectivity index (χ1v) is 6.77. The molecular formula is C15H25NO3. The van der Waals surface area contributed by atoms with Crippen molar-refractivity contribution in [1.82, 2.24) is 5.32 Å². The molecule has 0 aliphatic heterocycles. The van der Waals surface area contributed by atoms with E-state index in [0.29, 0.717) is 19.3 Å². The minimum atomic E-state index is 0.00495. The van der Waals surface area contributed by atoms with Crippen molar-refractivity contribution < 1.29 is 14.2 Å². The molecule has 1 rings (SSSR count). The Hall–Kier alpha value is -1.26. The van der Waals surface area contributed by atoms with Crippen molar-refractivity contribution in [2.24, 2.45) is 0 Å². The minimum Gasteiger partial charge on any atom is -0.494 e. The zero-order valence-corrected chi connectivity index (χ0v) is 12.3. The summed E-state index contributed by atoms with van der Waals surface area (Å²) < 4.78 is 16.5. The Morgan fingerprint density at radius 2 is 1.74 bits per heavy atom. The average molecular weight is 267 g/mol. The molecule has 1 aromatic carbocycles. The highest BCUT2D eigenvalue weighted by atomic mass is 16.5. The highest BCUT2D eigenvalue weighted by Crippen LogP contribution is 2.18. The van der Waals surface area contributed by atoms with Crippen LogP contribution in [0.1, 0.15) is 20.8 Å². The van der Waals surface area contributed by atoms with Gasteiger partial charge in [0.05, 0.1) is 13.2 Å². The minimum absolute atomic E-state index is 0.00495. The van der Waals surface area contributed by atoms with Crippen molar-refractivity contribution in [2.45, 2.75) is 32.9 Å². The van der Waals surface area contributed by atoms with Crippen LogP contribution in [0.4, 0.5) is 0 Å². The Morgan fingerprint density at radius 1 is 1.11 bits per heavy atom. The molecule has 4 heteroatoms. The van der Waals surface area contributed by atoms with E-state index in [1.54, 1.807) is 7.11 Å². The Labute approximate surface area is 116 Å². The summed E-state index contributed by atoms with van der Waals surface area (Å²) in [6, 6.07) is 8.10. The number of ether oxygens (including phenoxy) is 3. The maximum Gasteiger partial charge on any atom is 0.134 e. The van der Waals surface area contributed by atoms with Crippen LogP contribution in [0.3, 0.4) is 0 Å². The van der Waals surface area contributed by atoms with Crippen LogP contribution >= 0.6 is 0 Å². The van der Waals surface area contributed by atoms with Gasteiger partial charge in [-0.1, -0.05) is 13.8 Å². The zero-order valence-electron chi connectivity index (χ0n) is 12.3. The lowest BCUT2D eigenvalue weighted by atomic mass is 10.3. The van der Waals surface area contributed by atoms with Gasteiger partial charge in [0, 0.05) is 19.7 Å². The van der Waals surface area contributed by atoms with E-state index in [4.69, 9.17) is 14.2 Å². The van der Waals surface area contributed by atoms with Crippen LogP contribution in [0, 0.1) is 0 Å². The van der Waals surface area contributed by atoms with Gasteiger partial charge in [-0.3, -0.25) is 0 Å². The Kier molecular flexibility index (Phi) is 7.30. The van der Waals surface area contributed by atoms with Gasteiger partial charge in [0.15, 0.2) is 0 Å². The second-order valence-electron chi connectivity index (χ2n) is 4.66. The van der Waals surface area contributed by atoms with Crippen LogP contribution in [0.15, 0.2) is 24.3 Å². The van der Waals surface area contributed by atoms with Gasteiger partial charge in [0.2, 0.25) is 0 Å². The maximum absolute atomic E-state index is 5.90. The molecule has 1 unspecified atom stereocenters. The molecule has 1 atom stereocenters. The summed E-state index contributed by atoms with van der Waals surface area (Å²) in [5, 5.41) is 3.35. The molecule has 0 aliphatic rings. The van der Waals surface area contributed by atoms with Crippen molar-refractivity contribution in [1.29, 1.82) is 0 Å². The van der Waals surface area contributed by atoms with E-state index in [1.165, 1.54) is 0 Å². The van der Waals surface area contributed by atoms with E-state index in [1.807, 2.05) is 31.2 Å². The Bertz CT molecular complexity index is 338. The summed E-state index contributed by atoms with van der Waals surface area (Å²) in [6.45, 7) is 8.19. The van der Waals surface area contributed by atoms with Crippen LogP contribution < -0.4 is 14.8 Å². The fourth-order valence-corrected chi connectivity index (χ4v) is 1.66. The molecule has 0 saturated carbocycles. The van der Waals surface area contributed by atoms with Crippen LogP contribution in [-0.4, -0.2) is 39.0 Å². The predicted molar refractivity (Wildman–Crippen MR) is 77.0 cm³/mol. The van der Waals surface area contributed by atoms with Crippen LogP contribution in [-0.2, 0) is 4.74 Å². The fraction of sp³-hybridized carbons (Fsp3) is 0.600. The highest BCUT2D eigenvalue weighted by molar-refractivity contribution is 5.31. The number of hydrogen-bond donors (Lipinski definition) is 1. The third-order valence-corrected chi connectivity index (χ3v) is 2.54. The molecule has 0 amide bonds. The second-order valence-corrected chi connectivity index (χ2v) is 4.66. The lowest BCUT2D eigenvalue weighted by Gasteiger charge is -2.20. The molecule has 4 nitrogen and oxygen atoms in total. The molecule has 0 heterocycles. The normalized spacial score (nSPS) is 12.5. The molecule has 0 radical (unpaired) electrons. The van der Waals surface area contributed by atoms with E-state index >= 15 is 0 Å². The van der Waals surface area contributed by atoms with Crippen molar-refractivity contribution in [3.8, 4) is 11.5 Å². The van der Waals surface area contributed by atoms with Gasteiger partial charge in [-0.05, 0) is 31.2 Å². The molecule has 19 heavy (non-hydrogen) atoms. The summed E-state index contributed by atoms with van der Waals surface area (Å²) in [7, 11) is 1.68. The van der Waals surface area contributed by atoms with Gasteiger partial charge in [-0.25, -0.2) is 0 Å². The smallest absolute Gasteiger partial charge is 0.134 e. The van der Waals surface area contributed by atoms with Gasteiger partial charge >= 0.3 is 0 Å². The van der Waals surface area contributed by atoms with Crippen molar-refractivity contribution in [3.05, 3.63) is 24.3 Å². The lowest BCUT2D eigenvalue weighted by molar-refractivity contribution is 0.0794. The Morgan fingerprint density at radius 3 is 2.26 bits per heavy atom. The molecule has 1 N–H and O–H groups in total. The third kappa shape index (κ3) is 6.45. The summed E-state index contributed by atoms with van der Waals surface area (Å²) in [5.74, 6) is 1.69. The van der Waals surface area contributed by atoms with Gasteiger partial charge in [0.1, 0.15) is 17.6 Å². The summed E-state index contributed by atoms with van der Waals surface area (Å²) in [5.41, 5.74) is 0. The summed E-state index contributed by atoms with van der Waals surface area (Å²) in [6.07, 6.45) is 0.00495. The molecule has 0 aliphatic carbocycles. The van der Waals surface area contributed by atoms with E-state index in [0.717, 1.165) is 18.0 Å². The van der Waals surface area contributed by atoms with Crippen molar-refractivity contribution in [2.75, 3.05) is 26.9 Å². The predicted octanol–water partition coefficient (Wildman–Crippen LogP) is 2.48. The largest absolute Gasteiger partial charge is 0.494 e. The van der Waals surface area contributed by atoms with E-state index < -0.39 is 0 Å². The summed E-state index contributed by atoms with van der Waals surface area (Å²) in [4.78, 5) is 0. The molecular weight excluding hydrogens is 242 g/mol. The van der Waals surface area contributed by atoms with Gasteiger partial charge < -0.3 is 19.5 Å². The van der Waals surface area contributed by atoms with Gasteiger partial charge in [-0.2, -0.15) is 0 Å². The van der Waals surface area contributed by atoms with E-state index in [-0.39, 0.29) is 6.10 Å². The first kappa shape index (κ1) is 15.8. The molecule has 108 valence electrons.